The van der Waals surface area contributed by atoms with Gasteiger partial charge < -0.3 is 9.66 Å². The van der Waals surface area contributed by atoms with Crippen LogP contribution in [-0.4, -0.2) is 24.3 Å². The van der Waals surface area contributed by atoms with Gasteiger partial charge in [0.15, 0.2) is 4.90 Å². The predicted molar refractivity (Wildman–Crippen MR) is 133 cm³/mol. The van der Waals surface area contributed by atoms with E-state index in [9.17, 15) is 18.1 Å². The van der Waals surface area contributed by atoms with E-state index in [0.717, 1.165) is 5.75 Å². The van der Waals surface area contributed by atoms with E-state index in [1.165, 1.54) is 28.2 Å². The Bertz CT molecular complexity index is 1270. The lowest BCUT2D eigenvalue weighted by Gasteiger charge is -2.14. The van der Waals surface area contributed by atoms with Gasteiger partial charge in [0.05, 0.1) is 6.10 Å². The molecular formula is C26H26O5S2. The molecule has 0 aliphatic carbocycles. The van der Waals surface area contributed by atoms with Crippen LogP contribution in [0.2, 0.25) is 0 Å². The van der Waals surface area contributed by atoms with Crippen LogP contribution in [0.15, 0.2) is 102 Å². The Hall–Kier alpha value is -2.84. The lowest BCUT2D eigenvalue weighted by molar-refractivity contribution is 0.196. The van der Waals surface area contributed by atoms with E-state index in [1.807, 2.05) is 12.1 Å². The molecule has 2 unspecified atom stereocenters. The van der Waals surface area contributed by atoms with Gasteiger partial charge in [0.2, 0.25) is 10.4 Å². The second kappa shape index (κ2) is 11.3. The Morgan fingerprint density at radius 2 is 1.48 bits per heavy atom. The second-order valence-corrected chi connectivity index (χ2v) is 10.5. The third kappa shape index (κ3) is 7.61. The van der Waals surface area contributed by atoms with Crippen LogP contribution < -0.4 is 0 Å². The molecule has 0 heterocycles. The SMILES string of the molecule is CC(OS(=O)(=O)[O-])c1ccccc1.C[S+](Cc1cccc2ccccc12)c1ccc(O)cc1. The smallest absolute Gasteiger partial charge is 0.218 e. The lowest BCUT2D eigenvalue weighted by Crippen LogP contribution is -2.08. The molecule has 0 aliphatic heterocycles. The van der Waals surface area contributed by atoms with E-state index in [2.05, 4.69) is 52.9 Å². The van der Waals surface area contributed by atoms with E-state index in [1.54, 1.807) is 42.5 Å². The van der Waals surface area contributed by atoms with Crippen molar-refractivity contribution in [2.45, 2.75) is 23.7 Å². The van der Waals surface area contributed by atoms with Gasteiger partial charge in [-0.2, -0.15) is 0 Å². The normalized spacial score (nSPS) is 13.1. The minimum absolute atomic E-state index is 0.140. The number of rotatable bonds is 6. The molecule has 0 saturated carbocycles. The van der Waals surface area contributed by atoms with Gasteiger partial charge in [-0.25, -0.2) is 8.42 Å². The van der Waals surface area contributed by atoms with E-state index in [-0.39, 0.29) is 10.9 Å². The van der Waals surface area contributed by atoms with Crippen molar-refractivity contribution in [3.8, 4) is 5.75 Å². The van der Waals surface area contributed by atoms with Gasteiger partial charge in [0.1, 0.15) is 17.8 Å². The third-order valence-electron chi connectivity index (χ3n) is 5.02. The fraction of sp³-hybridized carbons (Fsp3) is 0.154. The molecule has 4 aromatic carbocycles. The topological polar surface area (TPSA) is 86.7 Å². The van der Waals surface area contributed by atoms with Gasteiger partial charge in [0, 0.05) is 16.5 Å². The number of hydrogen-bond acceptors (Lipinski definition) is 5. The highest BCUT2D eigenvalue weighted by Gasteiger charge is 2.17. The number of fused-ring (bicyclic) bond motifs is 1. The van der Waals surface area contributed by atoms with Crippen LogP contribution >= 0.6 is 0 Å². The van der Waals surface area contributed by atoms with Crippen molar-refractivity contribution >= 4 is 32.1 Å². The van der Waals surface area contributed by atoms with Gasteiger partial charge in [0.25, 0.3) is 0 Å². The van der Waals surface area contributed by atoms with E-state index in [0.29, 0.717) is 11.3 Å². The summed E-state index contributed by atoms with van der Waals surface area (Å²) in [5.74, 6) is 1.36. The zero-order chi connectivity index (χ0) is 23.8. The van der Waals surface area contributed by atoms with Crippen molar-refractivity contribution in [1.29, 1.82) is 0 Å². The van der Waals surface area contributed by atoms with E-state index in [4.69, 9.17) is 0 Å². The summed E-state index contributed by atoms with van der Waals surface area (Å²) < 4.78 is 35.0. The van der Waals surface area contributed by atoms with Crippen molar-refractivity contribution in [3.63, 3.8) is 0 Å². The Labute approximate surface area is 198 Å². The number of aromatic hydroxyl groups is 1. The molecule has 0 radical (unpaired) electrons. The van der Waals surface area contributed by atoms with Crippen LogP contribution in [0, 0.1) is 0 Å². The first-order valence-electron chi connectivity index (χ1n) is 10.3. The maximum absolute atomic E-state index is 10.2. The fourth-order valence-electron chi connectivity index (χ4n) is 3.37. The van der Waals surface area contributed by atoms with Gasteiger partial charge in [-0.3, -0.25) is 4.18 Å². The van der Waals surface area contributed by atoms with Crippen molar-refractivity contribution in [3.05, 3.63) is 108 Å². The molecule has 0 aromatic heterocycles. The van der Waals surface area contributed by atoms with Crippen LogP contribution in [0.3, 0.4) is 0 Å². The largest absolute Gasteiger partial charge is 0.726 e. The summed E-state index contributed by atoms with van der Waals surface area (Å²) in [4.78, 5) is 1.29. The average molecular weight is 483 g/mol. The van der Waals surface area contributed by atoms with E-state index >= 15 is 0 Å². The van der Waals surface area contributed by atoms with Crippen LogP contribution in [0.25, 0.3) is 10.8 Å². The molecule has 1 N–H and O–H groups in total. The summed E-state index contributed by atoms with van der Waals surface area (Å²) in [6.07, 6.45) is 1.53. The third-order valence-corrected chi connectivity index (χ3v) is 7.37. The number of benzene rings is 4. The summed E-state index contributed by atoms with van der Waals surface area (Å²) in [5, 5.41) is 12.0. The Morgan fingerprint density at radius 1 is 0.879 bits per heavy atom. The fourth-order valence-corrected chi connectivity index (χ4v) is 5.32. The number of phenolic OH excluding ortho intramolecular Hbond substituents is 1. The van der Waals surface area contributed by atoms with Crippen LogP contribution in [0.1, 0.15) is 24.2 Å². The van der Waals surface area contributed by atoms with Gasteiger partial charge in [-0.15, -0.1) is 0 Å². The summed E-state index contributed by atoms with van der Waals surface area (Å²) in [6.45, 7) is 1.50. The molecule has 0 bridgehead atoms. The molecule has 5 nitrogen and oxygen atoms in total. The minimum atomic E-state index is -4.62. The first kappa shape index (κ1) is 24.8. The number of phenols is 1. The molecule has 0 amide bonds. The monoisotopic (exact) mass is 482 g/mol. The highest BCUT2D eigenvalue weighted by molar-refractivity contribution is 7.95. The molecule has 2 atom stereocenters. The lowest BCUT2D eigenvalue weighted by atomic mass is 10.1. The van der Waals surface area contributed by atoms with Crippen molar-refractivity contribution in [2.75, 3.05) is 6.26 Å². The van der Waals surface area contributed by atoms with Crippen molar-refractivity contribution in [1.82, 2.24) is 0 Å². The van der Waals surface area contributed by atoms with Crippen molar-refractivity contribution in [2.24, 2.45) is 0 Å². The standard InChI is InChI=1S/C18H16OS.C8H10O4S/c1-20(17-11-9-16(19)10-12-17)13-15-7-4-6-14-5-2-3-8-18(14)15;1-7(12-13(9,10)11)8-5-3-2-4-6-8/h2-12H,13H2,1H3;2-7H,1H3,(H,9,10,11). The molecule has 0 fully saturated rings. The molecule has 7 heteroatoms. The summed E-state index contributed by atoms with van der Waals surface area (Å²) in [5.41, 5.74) is 2.05. The number of hydrogen-bond donors (Lipinski definition) is 1. The molecule has 4 aromatic rings. The summed E-state index contributed by atoms with van der Waals surface area (Å²) in [7, 11) is -4.48. The molecule has 172 valence electrons. The Morgan fingerprint density at radius 3 is 2.15 bits per heavy atom. The highest BCUT2D eigenvalue weighted by atomic mass is 32.3. The molecule has 0 aliphatic rings. The molecule has 0 spiro atoms. The van der Waals surface area contributed by atoms with Crippen LogP contribution in [-0.2, 0) is 31.2 Å². The van der Waals surface area contributed by atoms with Gasteiger partial charge in [-0.1, -0.05) is 72.8 Å². The van der Waals surface area contributed by atoms with Gasteiger partial charge in [-0.05, 0) is 47.5 Å². The average Bonchev–Trinajstić information content (AvgIpc) is 2.80. The summed E-state index contributed by atoms with van der Waals surface area (Å²) >= 11 is 0. The first-order chi connectivity index (χ1) is 15.7. The van der Waals surface area contributed by atoms with Crippen LogP contribution in [0.4, 0.5) is 0 Å². The molecule has 0 saturated heterocycles. The van der Waals surface area contributed by atoms with Gasteiger partial charge >= 0.3 is 0 Å². The maximum atomic E-state index is 10.2. The quantitative estimate of drug-likeness (QED) is 0.220. The maximum Gasteiger partial charge on any atom is 0.218 e. The molecular weight excluding hydrogens is 456 g/mol. The van der Waals surface area contributed by atoms with E-state index < -0.39 is 16.5 Å². The van der Waals surface area contributed by atoms with Crippen molar-refractivity contribution < 1.29 is 22.3 Å². The summed E-state index contributed by atoms with van der Waals surface area (Å²) in [6, 6.07) is 31.3. The minimum Gasteiger partial charge on any atom is -0.726 e. The Balaban J connectivity index is 0.000000205. The zero-order valence-electron chi connectivity index (χ0n) is 18.4. The first-order valence-corrected chi connectivity index (χ1v) is 13.4. The Kier molecular flexibility index (Phi) is 8.52. The predicted octanol–water partition coefficient (Wildman–Crippen LogP) is 5.58. The molecule has 33 heavy (non-hydrogen) atoms. The second-order valence-electron chi connectivity index (χ2n) is 7.47. The highest BCUT2D eigenvalue weighted by Crippen LogP contribution is 2.24. The zero-order valence-corrected chi connectivity index (χ0v) is 20.1. The molecule has 4 rings (SSSR count). The van der Waals surface area contributed by atoms with Crippen LogP contribution in [0.5, 0.6) is 5.75 Å².